The average molecular weight is 464 g/mol. The van der Waals surface area contributed by atoms with Crippen LogP contribution in [0.4, 0.5) is 5.69 Å². The molecule has 2 heterocycles. The Balaban J connectivity index is 0.00000245. The van der Waals surface area contributed by atoms with Gasteiger partial charge in [-0.2, -0.15) is 0 Å². The summed E-state index contributed by atoms with van der Waals surface area (Å²) < 4.78 is 0. The van der Waals surface area contributed by atoms with Gasteiger partial charge in [-0.05, 0) is 42.7 Å². The number of nitrogens with zero attached hydrogens (tertiary/aromatic N) is 2. The summed E-state index contributed by atoms with van der Waals surface area (Å²) in [6, 6.07) is 29.7. The number of halogens is 2. The Bertz CT molecular complexity index is 1160. The fourth-order valence-corrected chi connectivity index (χ4v) is 4.54. The highest BCUT2D eigenvalue weighted by atomic mass is 35.5. The lowest BCUT2D eigenvalue weighted by Gasteiger charge is -2.33. The summed E-state index contributed by atoms with van der Waals surface area (Å²) in [4.78, 5) is 7.44. The number of piperidine rings is 1. The number of benzene rings is 3. The quantitative estimate of drug-likeness (QED) is 0.343. The van der Waals surface area contributed by atoms with E-state index in [2.05, 4.69) is 76.9 Å². The minimum Gasteiger partial charge on any atom is -0.382 e. The van der Waals surface area contributed by atoms with Gasteiger partial charge in [-0.3, -0.25) is 4.90 Å². The summed E-state index contributed by atoms with van der Waals surface area (Å²) in [5.41, 5.74) is 5.54. The molecule has 0 amide bonds. The lowest BCUT2D eigenvalue weighted by atomic mass is 10.0. The van der Waals surface area contributed by atoms with Gasteiger partial charge in [0.15, 0.2) is 0 Å². The van der Waals surface area contributed by atoms with Crippen molar-refractivity contribution in [2.75, 3.05) is 18.4 Å². The molecular formula is C27H27Cl2N3. The SMILES string of the molecule is Cl.Clc1ccc2c(NC3CCN(Cc4ccccc4)CC3)cc(-c3ccccc3)nc2c1. The Morgan fingerprint density at radius 1 is 0.875 bits per heavy atom. The Morgan fingerprint density at radius 3 is 2.28 bits per heavy atom. The molecule has 0 spiro atoms. The smallest absolute Gasteiger partial charge is 0.0745 e. The van der Waals surface area contributed by atoms with Gasteiger partial charge >= 0.3 is 0 Å². The molecule has 5 heteroatoms. The molecule has 0 aliphatic carbocycles. The van der Waals surface area contributed by atoms with Crippen LogP contribution >= 0.6 is 24.0 Å². The first kappa shape index (κ1) is 22.6. The van der Waals surface area contributed by atoms with E-state index in [9.17, 15) is 0 Å². The topological polar surface area (TPSA) is 28.2 Å². The normalized spacial score (nSPS) is 14.8. The van der Waals surface area contributed by atoms with Gasteiger partial charge in [0.2, 0.25) is 0 Å². The van der Waals surface area contributed by atoms with E-state index in [1.165, 1.54) is 5.56 Å². The maximum absolute atomic E-state index is 6.28. The molecule has 0 atom stereocenters. The summed E-state index contributed by atoms with van der Waals surface area (Å²) in [6.07, 6.45) is 2.26. The van der Waals surface area contributed by atoms with Crippen LogP contribution in [0.15, 0.2) is 84.9 Å². The van der Waals surface area contributed by atoms with Gasteiger partial charge < -0.3 is 5.32 Å². The van der Waals surface area contributed by atoms with E-state index < -0.39 is 0 Å². The van der Waals surface area contributed by atoms with Crippen molar-refractivity contribution < 1.29 is 0 Å². The predicted molar refractivity (Wildman–Crippen MR) is 138 cm³/mol. The van der Waals surface area contributed by atoms with Crippen molar-refractivity contribution >= 4 is 40.6 Å². The first-order valence-corrected chi connectivity index (χ1v) is 11.3. The molecule has 0 unspecified atom stereocenters. The maximum atomic E-state index is 6.28. The Hall–Kier alpha value is -2.59. The third-order valence-corrected chi connectivity index (χ3v) is 6.27. The van der Waals surface area contributed by atoms with E-state index in [1.54, 1.807) is 0 Å². The molecule has 164 valence electrons. The van der Waals surface area contributed by atoms with Crippen LogP contribution in [0.3, 0.4) is 0 Å². The molecule has 0 bridgehead atoms. The first-order valence-electron chi connectivity index (χ1n) is 10.9. The second-order valence-corrected chi connectivity index (χ2v) is 8.70. The van der Waals surface area contributed by atoms with Gasteiger partial charge in [-0.25, -0.2) is 4.98 Å². The van der Waals surface area contributed by atoms with Crippen LogP contribution in [0, 0.1) is 0 Å². The number of hydrogen-bond acceptors (Lipinski definition) is 3. The summed E-state index contributed by atoms with van der Waals surface area (Å²) in [7, 11) is 0. The summed E-state index contributed by atoms with van der Waals surface area (Å²) in [6.45, 7) is 3.24. The third kappa shape index (κ3) is 5.24. The van der Waals surface area contributed by atoms with Crippen LogP contribution in [0.5, 0.6) is 0 Å². The second-order valence-electron chi connectivity index (χ2n) is 8.26. The minimum absolute atomic E-state index is 0. The molecule has 1 aliphatic rings. The molecule has 5 rings (SSSR count). The van der Waals surface area contributed by atoms with Gasteiger partial charge in [-0.1, -0.05) is 72.3 Å². The van der Waals surface area contributed by atoms with E-state index in [1.807, 2.05) is 18.2 Å². The van der Waals surface area contributed by atoms with Crippen LogP contribution in [0.2, 0.25) is 5.02 Å². The Morgan fingerprint density at radius 2 is 1.56 bits per heavy atom. The molecule has 4 aromatic rings. The monoisotopic (exact) mass is 463 g/mol. The molecular weight excluding hydrogens is 437 g/mol. The van der Waals surface area contributed by atoms with Crippen LogP contribution in [0.25, 0.3) is 22.2 Å². The van der Waals surface area contributed by atoms with Crippen molar-refractivity contribution in [3.05, 3.63) is 95.5 Å². The van der Waals surface area contributed by atoms with Crippen LogP contribution < -0.4 is 5.32 Å². The van der Waals surface area contributed by atoms with E-state index >= 15 is 0 Å². The minimum atomic E-state index is 0. The molecule has 0 saturated carbocycles. The highest BCUT2D eigenvalue weighted by molar-refractivity contribution is 6.31. The van der Waals surface area contributed by atoms with Crippen LogP contribution in [0.1, 0.15) is 18.4 Å². The van der Waals surface area contributed by atoms with Crippen molar-refractivity contribution in [2.45, 2.75) is 25.4 Å². The Kier molecular flexibility index (Phi) is 7.31. The predicted octanol–water partition coefficient (Wildman–Crippen LogP) is 7.05. The number of anilines is 1. The van der Waals surface area contributed by atoms with E-state index in [0.29, 0.717) is 11.1 Å². The first-order chi connectivity index (χ1) is 15.2. The van der Waals surface area contributed by atoms with Crippen molar-refractivity contribution in [1.29, 1.82) is 0 Å². The van der Waals surface area contributed by atoms with E-state index in [-0.39, 0.29) is 12.4 Å². The molecule has 1 aromatic heterocycles. The van der Waals surface area contributed by atoms with E-state index in [0.717, 1.165) is 60.3 Å². The van der Waals surface area contributed by atoms with E-state index in [4.69, 9.17) is 16.6 Å². The number of hydrogen-bond donors (Lipinski definition) is 1. The number of likely N-dealkylation sites (tertiary alicyclic amines) is 1. The molecule has 3 nitrogen and oxygen atoms in total. The van der Waals surface area contributed by atoms with Crippen molar-refractivity contribution in [1.82, 2.24) is 9.88 Å². The molecule has 1 N–H and O–H groups in total. The fraction of sp³-hybridized carbons (Fsp3) is 0.222. The second kappa shape index (κ2) is 10.4. The highest BCUT2D eigenvalue weighted by Gasteiger charge is 2.20. The molecule has 3 aromatic carbocycles. The number of aromatic nitrogens is 1. The molecule has 1 aliphatic heterocycles. The van der Waals surface area contributed by atoms with Gasteiger partial charge in [0.05, 0.1) is 11.2 Å². The van der Waals surface area contributed by atoms with Crippen LogP contribution in [-0.2, 0) is 6.54 Å². The zero-order valence-corrected chi connectivity index (χ0v) is 19.4. The highest BCUT2D eigenvalue weighted by Crippen LogP contribution is 2.31. The van der Waals surface area contributed by atoms with Gasteiger partial charge in [0.1, 0.15) is 0 Å². The average Bonchev–Trinajstić information content (AvgIpc) is 2.81. The summed E-state index contributed by atoms with van der Waals surface area (Å²) in [5.74, 6) is 0. The largest absolute Gasteiger partial charge is 0.382 e. The maximum Gasteiger partial charge on any atom is 0.0745 e. The zero-order chi connectivity index (χ0) is 21.0. The summed E-state index contributed by atoms with van der Waals surface area (Å²) >= 11 is 6.28. The number of fused-ring (bicyclic) bond motifs is 1. The van der Waals surface area contributed by atoms with Gasteiger partial charge in [0.25, 0.3) is 0 Å². The fourth-order valence-electron chi connectivity index (χ4n) is 4.37. The van der Waals surface area contributed by atoms with Crippen molar-refractivity contribution in [2.24, 2.45) is 0 Å². The molecule has 1 saturated heterocycles. The van der Waals surface area contributed by atoms with Crippen molar-refractivity contribution in [3.8, 4) is 11.3 Å². The molecule has 32 heavy (non-hydrogen) atoms. The van der Waals surface area contributed by atoms with Gasteiger partial charge in [-0.15, -0.1) is 12.4 Å². The molecule has 0 radical (unpaired) electrons. The zero-order valence-electron chi connectivity index (χ0n) is 17.9. The van der Waals surface area contributed by atoms with Crippen molar-refractivity contribution in [3.63, 3.8) is 0 Å². The molecule has 1 fully saturated rings. The lowest BCUT2D eigenvalue weighted by molar-refractivity contribution is 0.211. The number of pyridine rings is 1. The third-order valence-electron chi connectivity index (χ3n) is 6.04. The standard InChI is InChI=1S/C27H26ClN3.ClH/c28-22-11-12-24-26(17-22)30-25(21-9-5-2-6-10-21)18-27(24)29-23-13-15-31(16-14-23)19-20-7-3-1-4-8-20;/h1-12,17-18,23H,13-16,19H2,(H,29,30);1H. The van der Waals surface area contributed by atoms with Gasteiger partial charge in [0, 0.05) is 47.3 Å². The lowest BCUT2D eigenvalue weighted by Crippen LogP contribution is -2.38. The number of nitrogens with one attached hydrogen (secondary N) is 1. The number of rotatable bonds is 5. The summed E-state index contributed by atoms with van der Waals surface area (Å²) in [5, 5.41) is 5.66. The van der Waals surface area contributed by atoms with Crippen LogP contribution in [-0.4, -0.2) is 29.0 Å². The Labute approximate surface area is 200 Å².